The van der Waals surface area contributed by atoms with Gasteiger partial charge in [-0.05, 0) is 43.0 Å². The predicted octanol–water partition coefficient (Wildman–Crippen LogP) is 1.67. The van der Waals surface area contributed by atoms with Crippen LogP contribution in [-0.4, -0.2) is 58.9 Å². The second kappa shape index (κ2) is 8.83. The van der Waals surface area contributed by atoms with Crippen LogP contribution in [0.1, 0.15) is 26.7 Å². The highest BCUT2D eigenvalue weighted by molar-refractivity contribution is 7.87. The Morgan fingerprint density at radius 3 is 2.27 bits per heavy atom. The third kappa shape index (κ3) is 5.43. The summed E-state index contributed by atoms with van der Waals surface area (Å²) in [5.41, 5.74) is 1.94. The molecule has 1 aromatic rings. The molecule has 146 valence electrons. The van der Waals surface area contributed by atoms with E-state index in [4.69, 9.17) is 0 Å². The topological polar surface area (TPSA) is 73.0 Å². The van der Waals surface area contributed by atoms with E-state index >= 15 is 0 Å². The maximum atomic E-state index is 12.0. The van der Waals surface area contributed by atoms with Gasteiger partial charge >= 0.3 is 0 Å². The van der Waals surface area contributed by atoms with Gasteiger partial charge in [-0.1, -0.05) is 6.92 Å². The van der Waals surface area contributed by atoms with Crippen molar-refractivity contribution in [1.82, 2.24) is 9.03 Å². The normalized spacial score (nSPS) is 16.1. The molecule has 0 saturated carbocycles. The number of piperidine rings is 1. The second-order valence-electron chi connectivity index (χ2n) is 7.04. The molecule has 0 atom stereocenters. The summed E-state index contributed by atoms with van der Waals surface area (Å²) in [6, 6.07) is 7.92. The summed E-state index contributed by atoms with van der Waals surface area (Å²) in [4.78, 5) is 15.9. The summed E-state index contributed by atoms with van der Waals surface area (Å²) in [5.74, 6) is 0.665. The molecule has 7 nitrogen and oxygen atoms in total. The van der Waals surface area contributed by atoms with Gasteiger partial charge < -0.3 is 9.80 Å². The van der Waals surface area contributed by atoms with Crippen LogP contribution < -0.4 is 14.5 Å². The summed E-state index contributed by atoms with van der Waals surface area (Å²) in [7, 11) is -0.562. The number of carbonyl (C=O) groups is 1. The number of nitrogens with zero attached hydrogens (tertiary/aromatic N) is 3. The molecular formula is C18H30N4O3S. The molecule has 0 radical (unpaired) electrons. The van der Waals surface area contributed by atoms with Gasteiger partial charge in [0.1, 0.15) is 0 Å². The van der Waals surface area contributed by atoms with E-state index in [0.717, 1.165) is 34.7 Å². The Bertz CT molecular complexity index is 696. The lowest BCUT2D eigenvalue weighted by Gasteiger charge is -2.32. The summed E-state index contributed by atoms with van der Waals surface area (Å²) in [6.07, 6.45) is 2.40. The van der Waals surface area contributed by atoms with Gasteiger partial charge in [-0.25, -0.2) is 4.72 Å². The lowest BCUT2D eigenvalue weighted by atomic mass is 9.99. The molecule has 1 aliphatic rings. The first-order chi connectivity index (χ1) is 12.2. The molecule has 0 unspecified atom stereocenters. The van der Waals surface area contributed by atoms with Crippen molar-refractivity contribution in [2.45, 2.75) is 26.7 Å². The molecule has 1 saturated heterocycles. The smallest absolute Gasteiger partial charge is 0.278 e. The Labute approximate surface area is 157 Å². The monoisotopic (exact) mass is 382 g/mol. The van der Waals surface area contributed by atoms with E-state index in [-0.39, 0.29) is 19.0 Å². The number of amides is 1. The molecule has 0 aliphatic carbocycles. The summed E-state index contributed by atoms with van der Waals surface area (Å²) in [6.45, 7) is 6.33. The number of hydrogen-bond acceptors (Lipinski definition) is 4. The largest absolute Gasteiger partial charge is 0.372 e. The summed E-state index contributed by atoms with van der Waals surface area (Å²) >= 11 is 0. The van der Waals surface area contributed by atoms with Crippen molar-refractivity contribution in [3.63, 3.8) is 0 Å². The SMILES string of the molecule is CC(=O)N(CCNS(=O)(=O)N(C)C)c1ccc(N2CCC(C)CC2)cc1. The van der Waals surface area contributed by atoms with Gasteiger partial charge in [-0.15, -0.1) is 0 Å². The van der Waals surface area contributed by atoms with Crippen LogP contribution in [0, 0.1) is 5.92 Å². The first-order valence-corrected chi connectivity index (χ1v) is 10.4. The molecule has 1 amide bonds. The van der Waals surface area contributed by atoms with Crippen LogP contribution in [-0.2, 0) is 15.0 Å². The lowest BCUT2D eigenvalue weighted by molar-refractivity contribution is -0.116. The minimum absolute atomic E-state index is 0.117. The van der Waals surface area contributed by atoms with E-state index in [1.807, 2.05) is 24.3 Å². The minimum Gasteiger partial charge on any atom is -0.372 e. The molecule has 26 heavy (non-hydrogen) atoms. The van der Waals surface area contributed by atoms with Gasteiger partial charge in [0.15, 0.2) is 0 Å². The molecule has 0 bridgehead atoms. The minimum atomic E-state index is -3.49. The van der Waals surface area contributed by atoms with Crippen LogP contribution in [0.25, 0.3) is 0 Å². The van der Waals surface area contributed by atoms with E-state index in [2.05, 4.69) is 16.5 Å². The van der Waals surface area contributed by atoms with Crippen molar-refractivity contribution in [2.24, 2.45) is 5.92 Å². The zero-order chi connectivity index (χ0) is 19.3. The highest BCUT2D eigenvalue weighted by Gasteiger charge is 2.18. The quantitative estimate of drug-likeness (QED) is 0.779. The predicted molar refractivity (Wildman–Crippen MR) is 106 cm³/mol. The molecule has 1 N–H and O–H groups in total. The third-order valence-electron chi connectivity index (χ3n) is 4.79. The first-order valence-electron chi connectivity index (χ1n) is 9.01. The Balaban J connectivity index is 2.00. The summed E-state index contributed by atoms with van der Waals surface area (Å²) < 4.78 is 27.1. The number of nitrogens with one attached hydrogen (secondary N) is 1. The van der Waals surface area contributed by atoms with Crippen LogP contribution >= 0.6 is 0 Å². The highest BCUT2D eigenvalue weighted by Crippen LogP contribution is 2.25. The maximum absolute atomic E-state index is 12.0. The molecule has 0 spiro atoms. The molecule has 1 aliphatic heterocycles. The van der Waals surface area contributed by atoms with Crippen molar-refractivity contribution in [3.05, 3.63) is 24.3 Å². The van der Waals surface area contributed by atoms with E-state index in [0.29, 0.717) is 0 Å². The number of anilines is 2. The zero-order valence-electron chi connectivity index (χ0n) is 16.1. The summed E-state index contributed by atoms with van der Waals surface area (Å²) in [5, 5.41) is 0. The van der Waals surface area contributed by atoms with Crippen LogP contribution in [0.3, 0.4) is 0 Å². The number of benzene rings is 1. The van der Waals surface area contributed by atoms with Crippen molar-refractivity contribution < 1.29 is 13.2 Å². The Hall–Kier alpha value is -1.64. The molecule has 8 heteroatoms. The average Bonchev–Trinajstić information content (AvgIpc) is 2.59. The van der Waals surface area contributed by atoms with Crippen LogP contribution in [0.15, 0.2) is 24.3 Å². The molecule has 0 aromatic heterocycles. The van der Waals surface area contributed by atoms with Crippen LogP contribution in [0.4, 0.5) is 11.4 Å². The molecule has 1 heterocycles. The Morgan fingerprint density at radius 1 is 1.19 bits per heavy atom. The standard InChI is InChI=1S/C18H30N4O3S/c1-15-9-12-21(13-10-15)17-5-7-18(8-6-17)22(16(2)23)14-11-19-26(24,25)20(3)4/h5-8,15,19H,9-14H2,1-4H3. The first kappa shape index (κ1) is 20.7. The lowest BCUT2D eigenvalue weighted by Crippen LogP contribution is -2.41. The fourth-order valence-electron chi connectivity index (χ4n) is 2.99. The van der Waals surface area contributed by atoms with Gasteiger partial charge in [0.2, 0.25) is 5.91 Å². The van der Waals surface area contributed by atoms with Crippen LogP contribution in [0.2, 0.25) is 0 Å². The number of hydrogen-bond donors (Lipinski definition) is 1. The van der Waals surface area contributed by atoms with Crippen molar-refractivity contribution >= 4 is 27.5 Å². The average molecular weight is 383 g/mol. The van der Waals surface area contributed by atoms with Gasteiger partial charge in [0.05, 0.1) is 0 Å². The van der Waals surface area contributed by atoms with Crippen molar-refractivity contribution in [2.75, 3.05) is 50.1 Å². The van der Waals surface area contributed by atoms with Crippen LogP contribution in [0.5, 0.6) is 0 Å². The number of carbonyl (C=O) groups excluding carboxylic acids is 1. The van der Waals surface area contributed by atoms with Gasteiger partial charge in [-0.2, -0.15) is 12.7 Å². The van der Waals surface area contributed by atoms with Crippen molar-refractivity contribution in [3.8, 4) is 0 Å². The molecular weight excluding hydrogens is 352 g/mol. The van der Waals surface area contributed by atoms with Gasteiger partial charge in [0, 0.05) is 58.6 Å². The maximum Gasteiger partial charge on any atom is 0.278 e. The molecule has 1 aromatic carbocycles. The van der Waals surface area contributed by atoms with Crippen molar-refractivity contribution in [1.29, 1.82) is 0 Å². The van der Waals surface area contributed by atoms with E-state index in [9.17, 15) is 13.2 Å². The van der Waals surface area contributed by atoms with E-state index < -0.39 is 10.2 Å². The third-order valence-corrected chi connectivity index (χ3v) is 6.32. The molecule has 1 fully saturated rings. The fourth-order valence-corrected chi connectivity index (χ4v) is 3.60. The van der Waals surface area contributed by atoms with E-state index in [1.54, 1.807) is 4.90 Å². The van der Waals surface area contributed by atoms with E-state index in [1.165, 1.54) is 33.9 Å². The number of rotatable bonds is 7. The van der Waals surface area contributed by atoms with Gasteiger partial charge in [0.25, 0.3) is 10.2 Å². The van der Waals surface area contributed by atoms with Gasteiger partial charge in [-0.3, -0.25) is 4.79 Å². The Kier molecular flexibility index (Phi) is 7.02. The zero-order valence-corrected chi connectivity index (χ0v) is 16.9. The highest BCUT2D eigenvalue weighted by atomic mass is 32.2. The second-order valence-corrected chi connectivity index (χ2v) is 9.01. The Morgan fingerprint density at radius 2 is 1.77 bits per heavy atom. The fraction of sp³-hybridized carbons (Fsp3) is 0.611. The molecule has 2 rings (SSSR count).